The number of ether oxygens (including phenoxy) is 1. The van der Waals surface area contributed by atoms with Gasteiger partial charge in [0.05, 0.1) is 0 Å². The molecule has 0 radical (unpaired) electrons. The molecule has 4 aliphatic rings. The zero-order chi connectivity index (χ0) is 11.9. The third-order valence-electron chi connectivity index (χ3n) is 6.44. The van der Waals surface area contributed by atoms with E-state index >= 15 is 0 Å². The van der Waals surface area contributed by atoms with E-state index < -0.39 is 0 Å². The second kappa shape index (κ2) is 4.79. The molecule has 0 aromatic rings. The highest BCUT2D eigenvalue weighted by molar-refractivity contribution is 5.05. The van der Waals surface area contributed by atoms with Crippen LogP contribution in [0.5, 0.6) is 0 Å². The van der Waals surface area contributed by atoms with Gasteiger partial charge in [-0.15, -0.1) is 0 Å². The molecule has 0 spiro atoms. The Morgan fingerprint density at radius 3 is 2.61 bits per heavy atom. The molecule has 102 valence electrons. The minimum absolute atomic E-state index is 0.872. The van der Waals surface area contributed by atoms with Crippen molar-refractivity contribution in [2.45, 2.75) is 51.0 Å². The van der Waals surface area contributed by atoms with Crippen LogP contribution in [0.2, 0.25) is 0 Å². The SMILES string of the molecule is C1CC2C3CC(NCC4CCOCC4)C(C3)C2C1. The predicted octanol–water partition coefficient (Wildman–Crippen LogP) is 2.83. The first-order valence-electron chi connectivity index (χ1n) is 8.23. The Hall–Kier alpha value is -0.0800. The first kappa shape index (κ1) is 11.7. The Bertz CT molecular complexity index is 299. The first-order valence-corrected chi connectivity index (χ1v) is 8.23. The monoisotopic (exact) mass is 249 g/mol. The van der Waals surface area contributed by atoms with Crippen LogP contribution in [-0.4, -0.2) is 25.8 Å². The molecule has 2 bridgehead atoms. The molecule has 0 aromatic carbocycles. The van der Waals surface area contributed by atoms with Gasteiger partial charge in [-0.1, -0.05) is 6.42 Å². The number of nitrogens with one attached hydrogen (secondary N) is 1. The highest BCUT2D eigenvalue weighted by Crippen LogP contribution is 2.58. The Morgan fingerprint density at radius 1 is 0.889 bits per heavy atom. The van der Waals surface area contributed by atoms with Gasteiger partial charge < -0.3 is 10.1 Å². The van der Waals surface area contributed by atoms with Crippen LogP contribution in [-0.2, 0) is 4.74 Å². The molecule has 1 aliphatic heterocycles. The average Bonchev–Trinajstić information content (AvgIpc) is 3.09. The van der Waals surface area contributed by atoms with E-state index in [9.17, 15) is 0 Å². The van der Waals surface area contributed by atoms with Crippen LogP contribution in [0.1, 0.15) is 44.9 Å². The summed E-state index contributed by atoms with van der Waals surface area (Å²) in [6, 6.07) is 0.872. The number of hydrogen-bond donors (Lipinski definition) is 1. The Morgan fingerprint density at radius 2 is 1.72 bits per heavy atom. The summed E-state index contributed by atoms with van der Waals surface area (Å²) in [6.45, 7) is 3.25. The van der Waals surface area contributed by atoms with Crippen molar-refractivity contribution >= 4 is 0 Å². The van der Waals surface area contributed by atoms with E-state index in [1.54, 1.807) is 19.3 Å². The molecule has 18 heavy (non-hydrogen) atoms. The minimum Gasteiger partial charge on any atom is -0.381 e. The highest BCUT2D eigenvalue weighted by atomic mass is 16.5. The van der Waals surface area contributed by atoms with Gasteiger partial charge >= 0.3 is 0 Å². The van der Waals surface area contributed by atoms with Crippen molar-refractivity contribution in [2.24, 2.45) is 29.6 Å². The normalized spacial score (nSPS) is 47.7. The van der Waals surface area contributed by atoms with Crippen LogP contribution in [0, 0.1) is 29.6 Å². The fourth-order valence-electron chi connectivity index (χ4n) is 5.57. The molecule has 4 rings (SSSR count). The van der Waals surface area contributed by atoms with E-state index in [-0.39, 0.29) is 0 Å². The molecule has 1 heterocycles. The van der Waals surface area contributed by atoms with Gasteiger partial charge in [0.25, 0.3) is 0 Å². The van der Waals surface area contributed by atoms with Gasteiger partial charge in [-0.3, -0.25) is 0 Å². The zero-order valence-corrected chi connectivity index (χ0v) is 11.4. The quantitative estimate of drug-likeness (QED) is 0.830. The zero-order valence-electron chi connectivity index (χ0n) is 11.4. The Balaban J connectivity index is 1.31. The molecule has 2 nitrogen and oxygen atoms in total. The Kier molecular flexibility index (Phi) is 3.12. The summed E-state index contributed by atoms with van der Waals surface area (Å²) in [5, 5.41) is 3.94. The molecule has 0 amide bonds. The minimum atomic E-state index is 0.872. The van der Waals surface area contributed by atoms with Gasteiger partial charge in [-0.05, 0) is 74.7 Å². The van der Waals surface area contributed by atoms with Crippen LogP contribution in [0.4, 0.5) is 0 Å². The van der Waals surface area contributed by atoms with Crippen LogP contribution >= 0.6 is 0 Å². The van der Waals surface area contributed by atoms with E-state index in [2.05, 4.69) is 5.32 Å². The highest BCUT2D eigenvalue weighted by Gasteiger charge is 2.53. The van der Waals surface area contributed by atoms with Crippen LogP contribution < -0.4 is 5.32 Å². The molecular formula is C16H27NO. The second-order valence-electron chi connectivity index (χ2n) is 7.22. The summed E-state index contributed by atoms with van der Waals surface area (Å²) >= 11 is 0. The lowest BCUT2D eigenvalue weighted by atomic mass is 9.79. The maximum Gasteiger partial charge on any atom is 0.0469 e. The van der Waals surface area contributed by atoms with Crippen LogP contribution in [0.3, 0.4) is 0 Å². The van der Waals surface area contributed by atoms with E-state index in [1.807, 2.05) is 0 Å². The van der Waals surface area contributed by atoms with Crippen molar-refractivity contribution in [2.75, 3.05) is 19.8 Å². The molecule has 4 fully saturated rings. The van der Waals surface area contributed by atoms with Crippen molar-refractivity contribution in [3.8, 4) is 0 Å². The third-order valence-corrected chi connectivity index (χ3v) is 6.44. The molecule has 5 atom stereocenters. The second-order valence-corrected chi connectivity index (χ2v) is 7.22. The maximum atomic E-state index is 5.45. The number of hydrogen-bond acceptors (Lipinski definition) is 2. The average molecular weight is 249 g/mol. The van der Waals surface area contributed by atoms with Gasteiger partial charge in [0, 0.05) is 19.3 Å². The molecule has 0 aromatic heterocycles. The predicted molar refractivity (Wildman–Crippen MR) is 72.4 cm³/mol. The van der Waals surface area contributed by atoms with Gasteiger partial charge in [0.15, 0.2) is 0 Å². The smallest absolute Gasteiger partial charge is 0.0469 e. The van der Waals surface area contributed by atoms with Gasteiger partial charge in [0.2, 0.25) is 0 Å². The summed E-state index contributed by atoms with van der Waals surface area (Å²) in [5.74, 6) is 5.27. The van der Waals surface area contributed by atoms with Gasteiger partial charge in [0.1, 0.15) is 0 Å². The molecular weight excluding hydrogens is 222 g/mol. The lowest BCUT2D eigenvalue weighted by Gasteiger charge is -2.33. The van der Waals surface area contributed by atoms with E-state index in [0.717, 1.165) is 48.8 Å². The van der Waals surface area contributed by atoms with Crippen molar-refractivity contribution < 1.29 is 4.74 Å². The molecule has 2 heteroatoms. The topological polar surface area (TPSA) is 21.3 Å². The summed E-state index contributed by atoms with van der Waals surface area (Å²) in [4.78, 5) is 0. The Labute approximate surface area is 111 Å². The molecule has 3 aliphatic carbocycles. The van der Waals surface area contributed by atoms with Crippen LogP contribution in [0.15, 0.2) is 0 Å². The lowest BCUT2D eigenvalue weighted by Crippen LogP contribution is -2.42. The molecule has 5 unspecified atom stereocenters. The third kappa shape index (κ3) is 1.92. The largest absolute Gasteiger partial charge is 0.381 e. The van der Waals surface area contributed by atoms with E-state index in [4.69, 9.17) is 4.74 Å². The molecule has 1 saturated heterocycles. The summed E-state index contributed by atoms with van der Waals surface area (Å²) in [5.41, 5.74) is 0. The van der Waals surface area contributed by atoms with Crippen molar-refractivity contribution in [1.29, 1.82) is 0 Å². The number of rotatable bonds is 3. The van der Waals surface area contributed by atoms with Crippen LogP contribution in [0.25, 0.3) is 0 Å². The maximum absolute atomic E-state index is 5.45. The summed E-state index contributed by atoms with van der Waals surface area (Å²) < 4.78 is 5.45. The van der Waals surface area contributed by atoms with Crippen molar-refractivity contribution in [3.63, 3.8) is 0 Å². The molecule has 1 N–H and O–H groups in total. The fourth-order valence-corrected chi connectivity index (χ4v) is 5.57. The van der Waals surface area contributed by atoms with Crippen molar-refractivity contribution in [1.82, 2.24) is 5.32 Å². The summed E-state index contributed by atoms with van der Waals surface area (Å²) in [6.07, 6.45) is 10.2. The van der Waals surface area contributed by atoms with E-state index in [0.29, 0.717) is 0 Å². The van der Waals surface area contributed by atoms with E-state index in [1.165, 1.54) is 32.2 Å². The summed E-state index contributed by atoms with van der Waals surface area (Å²) in [7, 11) is 0. The van der Waals surface area contributed by atoms with Crippen molar-refractivity contribution in [3.05, 3.63) is 0 Å². The van der Waals surface area contributed by atoms with Gasteiger partial charge in [-0.2, -0.15) is 0 Å². The number of fused-ring (bicyclic) bond motifs is 5. The molecule has 3 saturated carbocycles. The lowest BCUT2D eigenvalue weighted by molar-refractivity contribution is 0.0637. The fraction of sp³-hybridized carbons (Fsp3) is 1.00. The first-order chi connectivity index (χ1) is 8.92. The van der Waals surface area contributed by atoms with Gasteiger partial charge in [-0.25, -0.2) is 0 Å². The standard InChI is InChI=1S/C16H27NO/c1-2-13-12-8-15(14(13)3-1)16(9-12)17-10-11-4-6-18-7-5-11/h11-17H,1-10H2.